The van der Waals surface area contributed by atoms with Crippen LogP contribution in [0.5, 0.6) is 5.75 Å². The predicted molar refractivity (Wildman–Crippen MR) is 133 cm³/mol. The number of halogens is 3. The molecule has 3 N–H and O–H groups in total. The van der Waals surface area contributed by atoms with Crippen LogP contribution < -0.4 is 10.5 Å². The maximum Gasteiger partial charge on any atom is 0.573 e. The third-order valence-electron chi connectivity index (χ3n) is 7.54. The maximum absolute atomic E-state index is 13.4. The minimum absolute atomic E-state index is 0.0433. The number of benzene rings is 1. The molecule has 0 unspecified atom stereocenters. The second-order valence-corrected chi connectivity index (χ2v) is 10.3. The summed E-state index contributed by atoms with van der Waals surface area (Å²) >= 11 is 0. The second-order valence-electron chi connectivity index (χ2n) is 10.3. The quantitative estimate of drug-likeness (QED) is 0.501. The number of anilines is 1. The molecule has 2 amide bonds. The zero-order valence-corrected chi connectivity index (χ0v) is 20.9. The van der Waals surface area contributed by atoms with E-state index in [2.05, 4.69) is 19.8 Å². The smallest absolute Gasteiger partial charge is 0.405 e. The van der Waals surface area contributed by atoms with E-state index in [-0.39, 0.29) is 52.9 Å². The number of fused-ring (bicyclic) bond motifs is 2. The van der Waals surface area contributed by atoms with Gasteiger partial charge in [0.1, 0.15) is 11.3 Å². The number of aliphatic hydroxyl groups excluding tert-OH is 1. The van der Waals surface area contributed by atoms with Crippen molar-refractivity contribution in [3.63, 3.8) is 0 Å². The van der Waals surface area contributed by atoms with E-state index in [1.165, 1.54) is 16.8 Å². The Morgan fingerprint density at radius 2 is 2.05 bits per heavy atom. The van der Waals surface area contributed by atoms with Gasteiger partial charge in [-0.15, -0.1) is 18.3 Å². The lowest BCUT2D eigenvalue weighted by molar-refractivity contribution is -0.274. The number of nitrogen functional groups attached to an aromatic ring is 1. The van der Waals surface area contributed by atoms with E-state index >= 15 is 0 Å². The van der Waals surface area contributed by atoms with Gasteiger partial charge in [-0.1, -0.05) is 0 Å². The molecule has 10 nitrogen and oxygen atoms in total. The standard InChI is InChI=1S/C26H25F3N6O4/c1-12(13-2-3-13)34-11-15-8-14(9-19(20(15)25(34)38)39-26(27,28)29)18-6-7-35-23(32-18)21(22(30)33-35)24(37)31-16-4-5-17(36)10-16/h6-9,12-13,17,36H,2-5,10-11H2,1H3,(H2,30,33)/t12-,17+/m0/s1. The van der Waals surface area contributed by atoms with Crippen molar-refractivity contribution >= 4 is 29.0 Å². The Morgan fingerprint density at radius 1 is 1.28 bits per heavy atom. The number of alkyl halides is 3. The Hall–Kier alpha value is -4.00. The number of aliphatic imine (C=N–C) groups is 1. The summed E-state index contributed by atoms with van der Waals surface area (Å²) < 4.78 is 45.7. The van der Waals surface area contributed by atoms with Gasteiger partial charge in [-0.05, 0) is 62.3 Å². The first kappa shape index (κ1) is 25.3. The molecule has 1 aliphatic heterocycles. The minimum atomic E-state index is -5.01. The van der Waals surface area contributed by atoms with E-state index in [0.717, 1.165) is 18.9 Å². The van der Waals surface area contributed by atoms with Crippen LogP contribution in [0.3, 0.4) is 0 Å². The number of aliphatic hydroxyl groups is 1. The number of rotatable bonds is 5. The van der Waals surface area contributed by atoms with Crippen LogP contribution in [0.15, 0.2) is 29.4 Å². The van der Waals surface area contributed by atoms with Crippen molar-refractivity contribution in [1.82, 2.24) is 19.5 Å². The van der Waals surface area contributed by atoms with Crippen LogP contribution in [0.25, 0.3) is 16.9 Å². The number of hydrogen-bond acceptors (Lipinski definition) is 7. The lowest BCUT2D eigenvalue weighted by Crippen LogP contribution is -2.34. The maximum atomic E-state index is 13.4. The van der Waals surface area contributed by atoms with Gasteiger partial charge in [0.25, 0.3) is 11.8 Å². The van der Waals surface area contributed by atoms with Gasteiger partial charge in [0.2, 0.25) is 0 Å². The molecule has 3 aromatic rings. The highest BCUT2D eigenvalue weighted by Crippen LogP contribution is 2.42. The Kier molecular flexibility index (Phi) is 5.86. The number of nitrogens with zero attached hydrogens (tertiary/aromatic N) is 5. The summed E-state index contributed by atoms with van der Waals surface area (Å²) in [7, 11) is 0. The van der Waals surface area contributed by atoms with Gasteiger partial charge < -0.3 is 20.5 Å². The van der Waals surface area contributed by atoms with Gasteiger partial charge in [-0.2, -0.15) is 0 Å². The number of amides is 2. The third kappa shape index (κ3) is 4.71. The third-order valence-corrected chi connectivity index (χ3v) is 7.54. The highest BCUT2D eigenvalue weighted by molar-refractivity contribution is 6.10. The topological polar surface area (TPSA) is 135 Å². The molecule has 2 saturated carbocycles. The van der Waals surface area contributed by atoms with E-state index in [1.807, 2.05) is 6.92 Å². The molecule has 204 valence electrons. The fourth-order valence-electron chi connectivity index (χ4n) is 5.38. The summed E-state index contributed by atoms with van der Waals surface area (Å²) in [6.07, 6.45) is -0.835. The van der Waals surface area contributed by atoms with Gasteiger partial charge in [0.15, 0.2) is 11.5 Å². The molecule has 6 rings (SSSR count). The fraction of sp³-hybridized carbons (Fsp3) is 0.423. The second kappa shape index (κ2) is 9.04. The van der Waals surface area contributed by atoms with E-state index in [4.69, 9.17) is 5.73 Å². The van der Waals surface area contributed by atoms with Gasteiger partial charge in [-0.3, -0.25) is 9.59 Å². The zero-order chi connectivity index (χ0) is 27.6. The Morgan fingerprint density at radius 3 is 2.72 bits per heavy atom. The summed E-state index contributed by atoms with van der Waals surface area (Å²) in [5, 5.41) is 13.8. The van der Waals surface area contributed by atoms with Gasteiger partial charge in [0, 0.05) is 36.5 Å². The first-order valence-corrected chi connectivity index (χ1v) is 12.7. The molecule has 2 aliphatic carbocycles. The molecule has 0 bridgehead atoms. The molecule has 0 saturated heterocycles. The summed E-state index contributed by atoms with van der Waals surface area (Å²) in [6.45, 7) is 2.06. The molecule has 3 heterocycles. The summed E-state index contributed by atoms with van der Waals surface area (Å²) in [4.78, 5) is 36.3. The number of hydrogen-bond donors (Lipinski definition) is 2. The predicted octanol–water partition coefficient (Wildman–Crippen LogP) is 3.76. The van der Waals surface area contributed by atoms with Crippen molar-refractivity contribution in [2.75, 3.05) is 5.73 Å². The summed E-state index contributed by atoms with van der Waals surface area (Å²) in [6, 6.07) is 4.17. The average Bonchev–Trinajstić information content (AvgIpc) is 3.43. The first-order chi connectivity index (χ1) is 18.5. The van der Waals surface area contributed by atoms with Crippen LogP contribution in [-0.4, -0.2) is 60.6 Å². The molecule has 13 heteroatoms. The number of aromatic nitrogens is 3. The molecule has 2 aromatic heterocycles. The molecule has 39 heavy (non-hydrogen) atoms. The van der Waals surface area contributed by atoms with Crippen LogP contribution in [0.1, 0.15) is 65.3 Å². The summed E-state index contributed by atoms with van der Waals surface area (Å²) in [5.41, 5.74) is 7.38. The number of nitrogens with two attached hydrogens (primary N) is 1. The minimum Gasteiger partial charge on any atom is -0.405 e. The summed E-state index contributed by atoms with van der Waals surface area (Å²) in [5.74, 6) is -1.52. The van der Waals surface area contributed by atoms with Crippen LogP contribution in [-0.2, 0) is 6.54 Å². The van der Waals surface area contributed by atoms with Crippen LogP contribution >= 0.6 is 0 Å². The van der Waals surface area contributed by atoms with Crippen molar-refractivity contribution in [3.8, 4) is 17.0 Å². The van der Waals surface area contributed by atoms with Gasteiger partial charge in [0.05, 0.1) is 17.4 Å². The largest absolute Gasteiger partial charge is 0.573 e. The first-order valence-electron chi connectivity index (χ1n) is 12.7. The molecule has 2 atom stereocenters. The molecular formula is C26H25F3N6O4. The number of carbonyl (C=O) groups excluding carboxylic acids is 2. The fourth-order valence-corrected chi connectivity index (χ4v) is 5.38. The van der Waals surface area contributed by atoms with E-state index < -0.39 is 30.0 Å². The molecule has 2 fully saturated rings. The average molecular weight is 543 g/mol. The van der Waals surface area contributed by atoms with E-state index in [0.29, 0.717) is 30.0 Å². The monoisotopic (exact) mass is 542 g/mol. The van der Waals surface area contributed by atoms with E-state index in [9.17, 15) is 27.9 Å². The lowest BCUT2D eigenvalue weighted by Gasteiger charge is -2.24. The number of ether oxygens (including phenoxy) is 1. The number of carbonyl (C=O) groups is 2. The zero-order valence-electron chi connectivity index (χ0n) is 20.9. The van der Waals surface area contributed by atoms with Crippen molar-refractivity contribution in [3.05, 3.63) is 41.1 Å². The molecule has 1 aromatic carbocycles. The Labute approximate surface area is 220 Å². The molecule has 3 aliphatic rings. The van der Waals surface area contributed by atoms with Crippen LogP contribution in [0.2, 0.25) is 0 Å². The molecule has 0 spiro atoms. The van der Waals surface area contributed by atoms with Crippen molar-refractivity contribution in [1.29, 1.82) is 0 Å². The lowest BCUT2D eigenvalue weighted by atomic mass is 10.0. The molecule has 0 radical (unpaired) electrons. The normalized spacial score (nSPS) is 21.2. The van der Waals surface area contributed by atoms with Crippen molar-refractivity contribution in [2.45, 2.75) is 64.1 Å². The molecular weight excluding hydrogens is 517 g/mol. The van der Waals surface area contributed by atoms with Crippen LogP contribution in [0.4, 0.5) is 19.0 Å². The Balaban J connectivity index is 1.41. The van der Waals surface area contributed by atoms with Gasteiger partial charge in [-0.25, -0.2) is 14.5 Å². The van der Waals surface area contributed by atoms with Crippen LogP contribution in [0, 0.1) is 5.92 Å². The SMILES string of the molecule is C[C@@H](C1CC1)N1Cc2cc(-c3ccn4nc(N)c(C(=O)N=C5CC[C@@H](O)C5)c4n3)cc(OC(F)(F)F)c2C1=O. The Bertz CT molecular complexity index is 1540. The van der Waals surface area contributed by atoms with Crippen molar-refractivity contribution in [2.24, 2.45) is 10.9 Å². The highest BCUT2D eigenvalue weighted by Gasteiger charge is 2.42. The van der Waals surface area contributed by atoms with Crippen molar-refractivity contribution < 1.29 is 32.6 Å². The highest BCUT2D eigenvalue weighted by atomic mass is 19.4. The van der Waals surface area contributed by atoms with Gasteiger partial charge >= 0.3 is 6.36 Å². The van der Waals surface area contributed by atoms with E-state index in [1.54, 1.807) is 11.0 Å².